The predicted molar refractivity (Wildman–Crippen MR) is 95.7 cm³/mol. The Bertz CT molecular complexity index is 950. The number of nitro groups is 1. The summed E-state index contributed by atoms with van der Waals surface area (Å²) in [6.45, 7) is 1.71. The molecule has 0 fully saturated rings. The number of aryl methyl sites for hydroxylation is 1. The molecule has 0 aliphatic rings. The SMILES string of the molecule is Cc1cc2nc(C=Cc3ccc(O)c(Br)c3)sc2cc1[N+](=O)[O-]. The summed E-state index contributed by atoms with van der Waals surface area (Å²) >= 11 is 4.67. The second kappa shape index (κ2) is 6.10. The predicted octanol–water partition coefficient (Wildman–Crippen LogP) is 5.15. The molecule has 0 saturated heterocycles. The van der Waals surface area contributed by atoms with Gasteiger partial charge < -0.3 is 5.11 Å². The highest BCUT2D eigenvalue weighted by Gasteiger charge is 2.13. The number of hydrogen-bond donors (Lipinski definition) is 1. The molecule has 5 nitrogen and oxygen atoms in total. The maximum absolute atomic E-state index is 11.0. The van der Waals surface area contributed by atoms with Crippen LogP contribution in [0.25, 0.3) is 22.4 Å². The Labute approximate surface area is 144 Å². The topological polar surface area (TPSA) is 76.3 Å². The number of fused-ring (bicyclic) bond motifs is 1. The van der Waals surface area contributed by atoms with Crippen molar-refractivity contribution < 1.29 is 10.0 Å². The molecule has 1 N–H and O–H groups in total. The summed E-state index contributed by atoms with van der Waals surface area (Å²) in [6, 6.07) is 8.50. The Morgan fingerprint density at radius 3 is 2.78 bits per heavy atom. The molecule has 1 heterocycles. The molecule has 116 valence electrons. The average molecular weight is 391 g/mol. The first-order valence-electron chi connectivity index (χ1n) is 6.66. The van der Waals surface area contributed by atoms with Crippen LogP contribution in [0.5, 0.6) is 5.75 Å². The zero-order chi connectivity index (χ0) is 16.6. The van der Waals surface area contributed by atoms with Gasteiger partial charge in [-0.1, -0.05) is 12.1 Å². The van der Waals surface area contributed by atoms with Crippen molar-refractivity contribution >= 4 is 55.3 Å². The van der Waals surface area contributed by atoms with Crippen LogP contribution in [0.3, 0.4) is 0 Å². The van der Waals surface area contributed by atoms with E-state index in [1.807, 2.05) is 12.2 Å². The van der Waals surface area contributed by atoms with Crippen molar-refractivity contribution in [2.24, 2.45) is 0 Å². The summed E-state index contributed by atoms with van der Waals surface area (Å²) in [6.07, 6.45) is 3.73. The van der Waals surface area contributed by atoms with Gasteiger partial charge in [0, 0.05) is 11.6 Å². The van der Waals surface area contributed by atoms with Crippen molar-refractivity contribution in [1.82, 2.24) is 4.98 Å². The van der Waals surface area contributed by atoms with Gasteiger partial charge in [-0.25, -0.2) is 4.98 Å². The number of phenols is 1. The summed E-state index contributed by atoms with van der Waals surface area (Å²) in [7, 11) is 0. The smallest absolute Gasteiger partial charge is 0.273 e. The van der Waals surface area contributed by atoms with Gasteiger partial charge in [-0.2, -0.15) is 0 Å². The molecule has 3 rings (SSSR count). The Balaban J connectivity index is 1.95. The molecule has 0 aliphatic heterocycles. The van der Waals surface area contributed by atoms with Crippen LogP contribution in [-0.2, 0) is 0 Å². The van der Waals surface area contributed by atoms with Crippen LogP contribution in [0.2, 0.25) is 0 Å². The van der Waals surface area contributed by atoms with Crippen molar-refractivity contribution in [3.8, 4) is 5.75 Å². The van der Waals surface area contributed by atoms with Gasteiger partial charge in [-0.05, 0) is 52.7 Å². The first-order chi connectivity index (χ1) is 10.9. The molecule has 0 unspecified atom stereocenters. The van der Waals surface area contributed by atoms with Crippen molar-refractivity contribution in [2.75, 3.05) is 0 Å². The number of nitro benzene ring substituents is 1. The van der Waals surface area contributed by atoms with Gasteiger partial charge in [-0.3, -0.25) is 10.1 Å². The van der Waals surface area contributed by atoms with Gasteiger partial charge in [0.05, 0.1) is 19.6 Å². The number of phenolic OH excluding ortho intramolecular Hbond substituents is 1. The second-order valence-corrected chi connectivity index (χ2v) is 6.88. The average Bonchev–Trinajstić information content (AvgIpc) is 2.89. The van der Waals surface area contributed by atoms with Gasteiger partial charge in [0.2, 0.25) is 0 Å². The maximum Gasteiger partial charge on any atom is 0.273 e. The van der Waals surface area contributed by atoms with Crippen LogP contribution in [-0.4, -0.2) is 15.0 Å². The van der Waals surface area contributed by atoms with E-state index >= 15 is 0 Å². The van der Waals surface area contributed by atoms with E-state index in [1.54, 1.807) is 37.3 Å². The number of halogens is 1. The third-order valence-electron chi connectivity index (χ3n) is 3.31. The van der Waals surface area contributed by atoms with E-state index < -0.39 is 0 Å². The molecule has 7 heteroatoms. The largest absolute Gasteiger partial charge is 0.507 e. The lowest BCUT2D eigenvalue weighted by Gasteiger charge is -1.97. The van der Waals surface area contributed by atoms with Crippen LogP contribution < -0.4 is 0 Å². The number of aromatic hydroxyl groups is 1. The Kier molecular flexibility index (Phi) is 4.14. The number of benzene rings is 2. The van der Waals surface area contributed by atoms with Crippen molar-refractivity contribution in [3.63, 3.8) is 0 Å². The lowest BCUT2D eigenvalue weighted by molar-refractivity contribution is -0.385. The molecule has 0 atom stereocenters. The zero-order valence-electron chi connectivity index (χ0n) is 12.0. The molecule has 2 aromatic carbocycles. The second-order valence-electron chi connectivity index (χ2n) is 4.96. The van der Waals surface area contributed by atoms with Gasteiger partial charge in [-0.15, -0.1) is 11.3 Å². The summed E-state index contributed by atoms with van der Waals surface area (Å²) in [5.74, 6) is 0.185. The number of aromatic nitrogens is 1. The van der Waals surface area contributed by atoms with E-state index in [0.29, 0.717) is 10.0 Å². The molecule has 0 saturated carbocycles. The van der Waals surface area contributed by atoms with Crippen molar-refractivity contribution in [1.29, 1.82) is 0 Å². The molecular weight excluding hydrogens is 380 g/mol. The van der Waals surface area contributed by atoms with Gasteiger partial charge in [0.15, 0.2) is 0 Å². The molecular formula is C16H11BrN2O3S. The quantitative estimate of drug-likeness (QED) is 0.495. The number of rotatable bonds is 3. The van der Waals surface area contributed by atoms with Crippen LogP contribution in [0, 0.1) is 17.0 Å². The fourth-order valence-corrected chi connectivity index (χ4v) is 3.43. The standard InChI is InChI=1S/C16H11BrN2O3S/c1-9-6-12-15(8-13(9)19(21)22)23-16(18-12)5-3-10-2-4-14(20)11(17)7-10/h2-8,20H,1H3. The van der Waals surface area contributed by atoms with Gasteiger partial charge >= 0.3 is 0 Å². The normalized spacial score (nSPS) is 11.4. The van der Waals surface area contributed by atoms with Crippen LogP contribution in [0.1, 0.15) is 16.1 Å². The van der Waals surface area contributed by atoms with Gasteiger partial charge in [0.25, 0.3) is 5.69 Å². The summed E-state index contributed by atoms with van der Waals surface area (Å²) < 4.78 is 1.41. The minimum absolute atomic E-state index is 0.110. The number of nitrogens with zero attached hydrogens (tertiary/aromatic N) is 2. The molecule has 3 aromatic rings. The first-order valence-corrected chi connectivity index (χ1v) is 8.27. The highest BCUT2D eigenvalue weighted by atomic mass is 79.9. The summed E-state index contributed by atoms with van der Waals surface area (Å²) in [5, 5.41) is 21.2. The van der Waals surface area contributed by atoms with Crippen LogP contribution in [0.4, 0.5) is 5.69 Å². The molecule has 0 bridgehead atoms. The first kappa shape index (κ1) is 15.6. The molecule has 0 radical (unpaired) electrons. The minimum Gasteiger partial charge on any atom is -0.507 e. The molecule has 1 aromatic heterocycles. The van der Waals surface area contributed by atoms with E-state index in [2.05, 4.69) is 20.9 Å². The Morgan fingerprint density at radius 2 is 2.09 bits per heavy atom. The highest BCUT2D eigenvalue weighted by molar-refractivity contribution is 9.10. The van der Waals surface area contributed by atoms with Crippen molar-refractivity contribution in [2.45, 2.75) is 6.92 Å². The van der Waals surface area contributed by atoms with E-state index in [1.165, 1.54) is 11.3 Å². The lowest BCUT2D eigenvalue weighted by Crippen LogP contribution is -1.90. The van der Waals surface area contributed by atoms with Gasteiger partial charge in [0.1, 0.15) is 10.8 Å². The third kappa shape index (κ3) is 3.25. The third-order valence-corrected chi connectivity index (χ3v) is 4.93. The Hall–Kier alpha value is -2.25. The van der Waals surface area contributed by atoms with E-state index in [0.717, 1.165) is 20.8 Å². The van der Waals surface area contributed by atoms with Crippen LogP contribution >= 0.6 is 27.3 Å². The number of thiazole rings is 1. The van der Waals surface area contributed by atoms with E-state index in [9.17, 15) is 15.2 Å². The number of hydrogen-bond acceptors (Lipinski definition) is 5. The van der Waals surface area contributed by atoms with Crippen molar-refractivity contribution in [3.05, 3.63) is 61.1 Å². The summed E-state index contributed by atoms with van der Waals surface area (Å²) in [4.78, 5) is 15.1. The zero-order valence-corrected chi connectivity index (χ0v) is 14.4. The fourth-order valence-electron chi connectivity index (χ4n) is 2.15. The van der Waals surface area contributed by atoms with E-state index in [4.69, 9.17) is 0 Å². The molecule has 0 amide bonds. The van der Waals surface area contributed by atoms with Crippen LogP contribution in [0.15, 0.2) is 34.8 Å². The highest BCUT2D eigenvalue weighted by Crippen LogP contribution is 2.30. The lowest BCUT2D eigenvalue weighted by atomic mass is 10.2. The molecule has 23 heavy (non-hydrogen) atoms. The maximum atomic E-state index is 11.0. The monoisotopic (exact) mass is 390 g/mol. The fraction of sp³-hybridized carbons (Fsp3) is 0.0625. The molecule has 0 aliphatic carbocycles. The molecule has 0 spiro atoms. The minimum atomic E-state index is -0.377. The Morgan fingerprint density at radius 1 is 1.30 bits per heavy atom. The summed E-state index contributed by atoms with van der Waals surface area (Å²) in [5.41, 5.74) is 2.38. The van der Waals surface area contributed by atoms with E-state index in [-0.39, 0.29) is 16.4 Å².